The Balaban J connectivity index is 3.95. The summed E-state index contributed by atoms with van der Waals surface area (Å²) >= 11 is 3.40. The van der Waals surface area contributed by atoms with Crippen molar-refractivity contribution in [3.05, 3.63) is 22.2 Å². The fraction of sp³-hybridized carbons (Fsp3) is 0.500. The van der Waals surface area contributed by atoms with Crippen molar-refractivity contribution >= 4 is 15.9 Å². The van der Waals surface area contributed by atoms with Gasteiger partial charge in [0.15, 0.2) is 0 Å². The van der Waals surface area contributed by atoms with Crippen molar-refractivity contribution in [2.45, 2.75) is 27.2 Å². The molecule has 0 bridgehead atoms. The van der Waals surface area contributed by atoms with Crippen LogP contribution < -0.4 is 0 Å². The summed E-state index contributed by atoms with van der Waals surface area (Å²) < 4.78 is 1.17. The molecule has 0 nitrogen and oxygen atoms in total. The Labute approximate surface area is 65.8 Å². The normalized spacial score (nSPS) is 14.2. The molecule has 0 radical (unpaired) electrons. The summed E-state index contributed by atoms with van der Waals surface area (Å²) in [5, 5.41) is 0. The maximum absolute atomic E-state index is 3.40. The first-order valence-corrected chi connectivity index (χ1v) is 3.99. The van der Waals surface area contributed by atoms with E-state index in [0.29, 0.717) is 0 Å². The first-order chi connectivity index (χ1) is 4.20. The van der Waals surface area contributed by atoms with E-state index in [-0.39, 0.29) is 0 Å². The van der Waals surface area contributed by atoms with Crippen LogP contribution in [0.1, 0.15) is 27.2 Å². The van der Waals surface area contributed by atoms with Gasteiger partial charge in [0.05, 0.1) is 0 Å². The van der Waals surface area contributed by atoms with E-state index in [4.69, 9.17) is 0 Å². The van der Waals surface area contributed by atoms with Crippen molar-refractivity contribution in [1.29, 1.82) is 0 Å². The van der Waals surface area contributed by atoms with E-state index in [0.717, 1.165) is 6.42 Å². The molecular formula is C8H13Br. The van der Waals surface area contributed by atoms with Crippen molar-refractivity contribution in [3.63, 3.8) is 0 Å². The smallest absolute Gasteiger partial charge is 0.0132 e. The highest BCUT2D eigenvalue weighted by atomic mass is 79.9. The lowest BCUT2D eigenvalue weighted by Crippen LogP contribution is -1.70. The second kappa shape index (κ2) is 4.80. The molecule has 0 unspecified atom stereocenters. The topological polar surface area (TPSA) is 0 Å². The van der Waals surface area contributed by atoms with Gasteiger partial charge in [0.25, 0.3) is 0 Å². The minimum absolute atomic E-state index is 1.13. The molecular weight excluding hydrogens is 176 g/mol. The second-order valence-corrected chi connectivity index (χ2v) is 2.93. The van der Waals surface area contributed by atoms with Crippen LogP contribution in [0.25, 0.3) is 0 Å². The van der Waals surface area contributed by atoms with Crippen molar-refractivity contribution in [3.8, 4) is 0 Å². The van der Waals surface area contributed by atoms with Crippen molar-refractivity contribution in [2.75, 3.05) is 0 Å². The molecule has 0 N–H and O–H groups in total. The van der Waals surface area contributed by atoms with Crippen LogP contribution in [0.5, 0.6) is 0 Å². The van der Waals surface area contributed by atoms with Crippen molar-refractivity contribution in [1.82, 2.24) is 0 Å². The lowest BCUT2D eigenvalue weighted by molar-refractivity contribution is 1.10. The molecule has 0 rings (SSSR count). The molecule has 0 aliphatic carbocycles. The Morgan fingerprint density at radius 3 is 2.44 bits per heavy atom. The maximum atomic E-state index is 3.40. The highest BCUT2D eigenvalue weighted by Gasteiger charge is 1.84. The minimum atomic E-state index is 1.13. The van der Waals surface area contributed by atoms with Crippen LogP contribution in [0, 0.1) is 0 Å². The van der Waals surface area contributed by atoms with E-state index < -0.39 is 0 Å². The third-order valence-electron chi connectivity index (χ3n) is 1.22. The molecule has 0 aliphatic heterocycles. The van der Waals surface area contributed by atoms with Gasteiger partial charge in [0, 0.05) is 4.48 Å². The number of allylic oxidation sites excluding steroid dienone is 4. The lowest BCUT2D eigenvalue weighted by atomic mass is 10.2. The molecule has 9 heavy (non-hydrogen) atoms. The van der Waals surface area contributed by atoms with Gasteiger partial charge in [-0.1, -0.05) is 34.5 Å². The third kappa shape index (κ3) is 4.46. The molecule has 0 atom stereocenters. The molecule has 0 aromatic rings. The predicted octanol–water partition coefficient (Wildman–Crippen LogP) is 3.64. The van der Waals surface area contributed by atoms with E-state index in [9.17, 15) is 0 Å². The highest BCUT2D eigenvalue weighted by molar-refractivity contribution is 9.11. The Kier molecular flexibility index (Phi) is 4.78. The van der Waals surface area contributed by atoms with Gasteiger partial charge in [0.2, 0.25) is 0 Å². The van der Waals surface area contributed by atoms with Crippen molar-refractivity contribution < 1.29 is 0 Å². The molecule has 0 aliphatic rings. The average Bonchev–Trinajstić information content (AvgIpc) is 1.87. The van der Waals surface area contributed by atoms with Crippen LogP contribution >= 0.6 is 15.9 Å². The van der Waals surface area contributed by atoms with E-state index in [1.807, 2.05) is 13.0 Å². The lowest BCUT2D eigenvalue weighted by Gasteiger charge is -1.92. The number of hydrogen-bond donors (Lipinski definition) is 0. The van der Waals surface area contributed by atoms with Crippen LogP contribution in [-0.4, -0.2) is 0 Å². The third-order valence-corrected chi connectivity index (χ3v) is 1.90. The molecule has 0 fully saturated rings. The van der Waals surface area contributed by atoms with Gasteiger partial charge < -0.3 is 0 Å². The quantitative estimate of drug-likeness (QED) is 0.581. The highest BCUT2D eigenvalue weighted by Crippen LogP contribution is 2.10. The first kappa shape index (κ1) is 8.96. The summed E-state index contributed by atoms with van der Waals surface area (Å²) in [6.07, 6.45) is 5.31. The zero-order valence-electron chi connectivity index (χ0n) is 6.24. The van der Waals surface area contributed by atoms with Gasteiger partial charge in [-0.25, -0.2) is 0 Å². The summed E-state index contributed by atoms with van der Waals surface area (Å²) in [6, 6.07) is 0. The monoisotopic (exact) mass is 188 g/mol. The van der Waals surface area contributed by atoms with Gasteiger partial charge >= 0.3 is 0 Å². The van der Waals surface area contributed by atoms with E-state index in [2.05, 4.69) is 35.9 Å². The number of rotatable bonds is 2. The molecule has 0 saturated carbocycles. The summed E-state index contributed by atoms with van der Waals surface area (Å²) in [5.74, 6) is 0. The molecule has 0 heterocycles. The van der Waals surface area contributed by atoms with Crippen LogP contribution in [0.3, 0.4) is 0 Å². The van der Waals surface area contributed by atoms with E-state index >= 15 is 0 Å². The number of hydrogen-bond acceptors (Lipinski definition) is 0. The first-order valence-electron chi connectivity index (χ1n) is 3.19. The van der Waals surface area contributed by atoms with Crippen LogP contribution in [0.15, 0.2) is 22.2 Å². The van der Waals surface area contributed by atoms with Crippen molar-refractivity contribution in [2.24, 2.45) is 0 Å². The Hall–Kier alpha value is -0.0400. The summed E-state index contributed by atoms with van der Waals surface area (Å²) in [5.41, 5.74) is 1.40. The standard InChI is InChI=1S/C8H13Br/c1-4-7(3)6-8(9)5-2/h5-6H,4H2,1-3H3/b7-6-,8-5+. The molecule has 1 heteroatoms. The molecule has 52 valence electrons. The molecule has 0 aromatic heterocycles. The fourth-order valence-corrected chi connectivity index (χ4v) is 0.812. The zero-order valence-corrected chi connectivity index (χ0v) is 7.83. The van der Waals surface area contributed by atoms with Crippen LogP contribution in [0.2, 0.25) is 0 Å². The van der Waals surface area contributed by atoms with Gasteiger partial charge in [-0.2, -0.15) is 0 Å². The fourth-order valence-electron chi connectivity index (χ4n) is 0.421. The Bertz CT molecular complexity index is 132. The van der Waals surface area contributed by atoms with Gasteiger partial charge in [-0.3, -0.25) is 0 Å². The zero-order chi connectivity index (χ0) is 7.28. The molecule has 0 spiro atoms. The maximum Gasteiger partial charge on any atom is 0.0132 e. The Morgan fingerprint density at radius 1 is 1.56 bits per heavy atom. The van der Waals surface area contributed by atoms with E-state index in [1.54, 1.807) is 0 Å². The van der Waals surface area contributed by atoms with Gasteiger partial charge in [-0.05, 0) is 26.3 Å². The Morgan fingerprint density at radius 2 is 2.11 bits per heavy atom. The van der Waals surface area contributed by atoms with Crippen LogP contribution in [0.4, 0.5) is 0 Å². The average molecular weight is 189 g/mol. The molecule has 0 aromatic carbocycles. The van der Waals surface area contributed by atoms with Gasteiger partial charge in [-0.15, -0.1) is 0 Å². The largest absolute Gasteiger partial charge is 0.0734 e. The predicted molar refractivity (Wildman–Crippen MR) is 46.7 cm³/mol. The summed E-state index contributed by atoms with van der Waals surface area (Å²) in [6.45, 7) is 6.30. The van der Waals surface area contributed by atoms with E-state index in [1.165, 1.54) is 10.1 Å². The van der Waals surface area contributed by atoms with Crippen LogP contribution in [-0.2, 0) is 0 Å². The molecule has 0 saturated heterocycles. The SMILES string of the molecule is C/C=C(Br)\C=C(\C)CC. The second-order valence-electron chi connectivity index (χ2n) is 2.02. The summed E-state index contributed by atoms with van der Waals surface area (Å²) in [7, 11) is 0. The molecule has 0 amide bonds. The minimum Gasteiger partial charge on any atom is -0.0734 e. The van der Waals surface area contributed by atoms with Gasteiger partial charge in [0.1, 0.15) is 0 Å². The number of halogens is 1. The summed E-state index contributed by atoms with van der Waals surface area (Å²) in [4.78, 5) is 0.